The van der Waals surface area contributed by atoms with Crippen LogP contribution in [0.2, 0.25) is 0 Å². The topological polar surface area (TPSA) is 52.0 Å². The summed E-state index contributed by atoms with van der Waals surface area (Å²) in [5, 5.41) is 0. The average Bonchev–Trinajstić information content (AvgIpc) is 2.33. The number of nitrogen functional groups attached to an aromatic ring is 1. The van der Waals surface area contributed by atoms with Crippen molar-refractivity contribution in [2.45, 2.75) is 6.42 Å². The summed E-state index contributed by atoms with van der Waals surface area (Å²) in [5.41, 5.74) is 15.8. The number of benzene rings is 2. The van der Waals surface area contributed by atoms with E-state index in [9.17, 15) is 0 Å². The largest absolute Gasteiger partial charge is 0.398 e. The Labute approximate surface area is 95.9 Å². The molecule has 82 valence electrons. The van der Waals surface area contributed by atoms with Gasteiger partial charge >= 0.3 is 0 Å². The third kappa shape index (κ3) is 2.23. The molecule has 0 saturated carbocycles. The van der Waals surface area contributed by atoms with E-state index in [0.717, 1.165) is 23.2 Å². The molecule has 4 N–H and O–H groups in total. The van der Waals surface area contributed by atoms with Gasteiger partial charge in [0.25, 0.3) is 0 Å². The molecule has 0 heterocycles. The molecule has 0 fully saturated rings. The van der Waals surface area contributed by atoms with Crippen molar-refractivity contribution >= 4 is 5.69 Å². The highest BCUT2D eigenvalue weighted by Gasteiger charge is 2.03. The van der Waals surface area contributed by atoms with Gasteiger partial charge in [-0.1, -0.05) is 36.4 Å². The van der Waals surface area contributed by atoms with Gasteiger partial charge in [0.15, 0.2) is 0 Å². The Morgan fingerprint density at radius 2 is 1.69 bits per heavy atom. The molecule has 0 amide bonds. The standard InChI is InChI=1S/C14H16N2/c15-9-8-11-6-7-14(16)13(10-11)12-4-2-1-3-5-12/h1-7,10H,8-9,15-16H2. The van der Waals surface area contributed by atoms with Gasteiger partial charge in [-0.05, 0) is 36.2 Å². The van der Waals surface area contributed by atoms with Gasteiger partial charge < -0.3 is 11.5 Å². The summed E-state index contributed by atoms with van der Waals surface area (Å²) in [6, 6.07) is 16.3. The van der Waals surface area contributed by atoms with Gasteiger partial charge in [-0.3, -0.25) is 0 Å². The van der Waals surface area contributed by atoms with E-state index in [1.165, 1.54) is 5.56 Å². The second-order valence-electron chi connectivity index (χ2n) is 3.83. The number of anilines is 1. The van der Waals surface area contributed by atoms with Gasteiger partial charge in [0.1, 0.15) is 0 Å². The molecular weight excluding hydrogens is 196 g/mol. The molecule has 0 spiro atoms. The van der Waals surface area contributed by atoms with Crippen LogP contribution in [-0.2, 0) is 6.42 Å². The third-order valence-electron chi connectivity index (χ3n) is 2.64. The summed E-state index contributed by atoms with van der Waals surface area (Å²) in [5.74, 6) is 0. The number of nitrogens with two attached hydrogens (primary N) is 2. The summed E-state index contributed by atoms with van der Waals surface area (Å²) in [6.45, 7) is 0.665. The van der Waals surface area contributed by atoms with Crippen LogP contribution in [0.5, 0.6) is 0 Å². The molecule has 0 bridgehead atoms. The molecule has 0 aliphatic carbocycles. The molecule has 2 nitrogen and oxygen atoms in total. The molecule has 0 aliphatic heterocycles. The first kappa shape index (κ1) is 10.7. The maximum atomic E-state index is 5.99. The van der Waals surface area contributed by atoms with Crippen LogP contribution in [0.15, 0.2) is 48.5 Å². The highest BCUT2D eigenvalue weighted by molar-refractivity contribution is 5.76. The third-order valence-corrected chi connectivity index (χ3v) is 2.64. The van der Waals surface area contributed by atoms with Crippen LogP contribution >= 0.6 is 0 Å². The fraction of sp³-hybridized carbons (Fsp3) is 0.143. The van der Waals surface area contributed by atoms with E-state index in [4.69, 9.17) is 11.5 Å². The van der Waals surface area contributed by atoms with Crippen LogP contribution in [0.25, 0.3) is 11.1 Å². The van der Waals surface area contributed by atoms with E-state index in [0.29, 0.717) is 6.54 Å². The van der Waals surface area contributed by atoms with Crippen molar-refractivity contribution in [2.24, 2.45) is 5.73 Å². The average molecular weight is 212 g/mol. The predicted octanol–water partition coefficient (Wildman–Crippen LogP) is 2.44. The first-order valence-corrected chi connectivity index (χ1v) is 5.45. The van der Waals surface area contributed by atoms with Crippen LogP contribution < -0.4 is 11.5 Å². The highest BCUT2D eigenvalue weighted by atomic mass is 14.6. The SMILES string of the molecule is NCCc1ccc(N)c(-c2ccccc2)c1. The maximum absolute atomic E-state index is 5.99. The van der Waals surface area contributed by atoms with Gasteiger partial charge in [0.05, 0.1) is 0 Å². The molecule has 2 aromatic carbocycles. The molecule has 0 aliphatic rings. The van der Waals surface area contributed by atoms with Crippen LogP contribution in [0, 0.1) is 0 Å². The molecule has 0 saturated heterocycles. The quantitative estimate of drug-likeness (QED) is 0.768. The van der Waals surface area contributed by atoms with Gasteiger partial charge in [-0.15, -0.1) is 0 Å². The predicted molar refractivity (Wildman–Crippen MR) is 69.0 cm³/mol. The fourth-order valence-corrected chi connectivity index (χ4v) is 1.79. The Hall–Kier alpha value is -1.80. The zero-order chi connectivity index (χ0) is 11.4. The number of hydrogen-bond acceptors (Lipinski definition) is 2. The van der Waals surface area contributed by atoms with E-state index >= 15 is 0 Å². The molecule has 0 unspecified atom stereocenters. The van der Waals surface area contributed by atoms with Crippen molar-refractivity contribution in [3.05, 3.63) is 54.1 Å². The molecule has 0 atom stereocenters. The minimum Gasteiger partial charge on any atom is -0.398 e. The number of rotatable bonds is 3. The van der Waals surface area contributed by atoms with Crippen molar-refractivity contribution in [2.75, 3.05) is 12.3 Å². The zero-order valence-electron chi connectivity index (χ0n) is 9.19. The second-order valence-corrected chi connectivity index (χ2v) is 3.83. The van der Waals surface area contributed by atoms with Gasteiger partial charge in [-0.2, -0.15) is 0 Å². The van der Waals surface area contributed by atoms with Gasteiger partial charge in [0.2, 0.25) is 0 Å². The van der Waals surface area contributed by atoms with Gasteiger partial charge in [0, 0.05) is 11.3 Å². The summed E-state index contributed by atoms with van der Waals surface area (Å²) >= 11 is 0. The van der Waals surface area contributed by atoms with Crippen molar-refractivity contribution < 1.29 is 0 Å². The van der Waals surface area contributed by atoms with Crippen molar-refractivity contribution in [1.29, 1.82) is 0 Å². The maximum Gasteiger partial charge on any atom is 0.0393 e. The van der Waals surface area contributed by atoms with Crippen molar-refractivity contribution in [3.63, 3.8) is 0 Å². The minimum absolute atomic E-state index is 0.665. The molecular formula is C14H16N2. The fourth-order valence-electron chi connectivity index (χ4n) is 1.79. The summed E-state index contributed by atoms with van der Waals surface area (Å²) < 4.78 is 0. The molecule has 16 heavy (non-hydrogen) atoms. The van der Waals surface area contributed by atoms with Gasteiger partial charge in [-0.25, -0.2) is 0 Å². The second kappa shape index (κ2) is 4.81. The van der Waals surface area contributed by atoms with Crippen LogP contribution in [0.1, 0.15) is 5.56 Å². The molecule has 2 heteroatoms. The lowest BCUT2D eigenvalue weighted by Crippen LogP contribution is -2.03. The van der Waals surface area contributed by atoms with Crippen LogP contribution in [0.4, 0.5) is 5.69 Å². The number of hydrogen-bond donors (Lipinski definition) is 2. The summed E-state index contributed by atoms with van der Waals surface area (Å²) in [4.78, 5) is 0. The lowest BCUT2D eigenvalue weighted by Gasteiger charge is -2.08. The Morgan fingerprint density at radius 1 is 0.938 bits per heavy atom. The smallest absolute Gasteiger partial charge is 0.0393 e. The van der Waals surface area contributed by atoms with Crippen LogP contribution in [-0.4, -0.2) is 6.54 Å². The van der Waals surface area contributed by atoms with E-state index in [1.807, 2.05) is 30.3 Å². The molecule has 2 rings (SSSR count). The molecule has 0 radical (unpaired) electrons. The summed E-state index contributed by atoms with van der Waals surface area (Å²) in [6.07, 6.45) is 0.889. The minimum atomic E-state index is 0.665. The first-order chi connectivity index (χ1) is 7.81. The molecule has 0 aromatic heterocycles. The van der Waals surface area contributed by atoms with Crippen LogP contribution in [0.3, 0.4) is 0 Å². The Balaban J connectivity index is 2.43. The lowest BCUT2D eigenvalue weighted by molar-refractivity contribution is 0.969. The van der Waals surface area contributed by atoms with E-state index in [1.54, 1.807) is 0 Å². The van der Waals surface area contributed by atoms with E-state index < -0.39 is 0 Å². The zero-order valence-corrected chi connectivity index (χ0v) is 9.19. The van der Waals surface area contributed by atoms with Crippen molar-refractivity contribution in [3.8, 4) is 11.1 Å². The Bertz CT molecular complexity index is 463. The normalized spacial score (nSPS) is 10.3. The Kier molecular flexibility index (Phi) is 3.22. The Morgan fingerprint density at radius 3 is 2.38 bits per heavy atom. The first-order valence-electron chi connectivity index (χ1n) is 5.45. The monoisotopic (exact) mass is 212 g/mol. The van der Waals surface area contributed by atoms with E-state index in [2.05, 4.69) is 18.2 Å². The molecule has 2 aromatic rings. The summed E-state index contributed by atoms with van der Waals surface area (Å²) in [7, 11) is 0. The van der Waals surface area contributed by atoms with E-state index in [-0.39, 0.29) is 0 Å². The lowest BCUT2D eigenvalue weighted by atomic mass is 10.00. The van der Waals surface area contributed by atoms with Crippen molar-refractivity contribution in [1.82, 2.24) is 0 Å². The highest BCUT2D eigenvalue weighted by Crippen LogP contribution is 2.26.